The molecule has 18 heavy (non-hydrogen) atoms. The Balaban J connectivity index is 2.21. The van der Waals surface area contributed by atoms with Gasteiger partial charge < -0.3 is 15.6 Å². The molecule has 8 heteroatoms. The summed E-state index contributed by atoms with van der Waals surface area (Å²) in [4.78, 5) is 16.8. The molecule has 2 aromatic heterocycles. The fourth-order valence-corrected chi connectivity index (χ4v) is 3.36. The topological polar surface area (TPSA) is 94.0 Å². The molecule has 2 heterocycles. The summed E-state index contributed by atoms with van der Waals surface area (Å²) in [6.45, 7) is 1.94. The summed E-state index contributed by atoms with van der Waals surface area (Å²) in [5.74, 6) is 0.527. The second kappa shape index (κ2) is 5.40. The molecule has 6 nitrogen and oxygen atoms in total. The van der Waals surface area contributed by atoms with Crippen LogP contribution in [-0.4, -0.2) is 22.2 Å². The minimum atomic E-state index is -0.0274. The first-order valence-electron chi connectivity index (χ1n) is 5.09. The lowest BCUT2D eigenvalue weighted by Gasteiger charge is -2.03. The number of ketones is 1. The van der Waals surface area contributed by atoms with Gasteiger partial charge in [0.1, 0.15) is 5.00 Å². The number of thioether (sulfide) groups is 1. The Morgan fingerprint density at radius 3 is 3.00 bits per heavy atom. The van der Waals surface area contributed by atoms with Crippen molar-refractivity contribution in [2.45, 2.75) is 18.4 Å². The molecule has 0 spiro atoms. The summed E-state index contributed by atoms with van der Waals surface area (Å²) in [7, 11) is 0. The van der Waals surface area contributed by atoms with E-state index in [1.807, 2.05) is 6.26 Å². The molecule has 96 valence electrons. The highest BCUT2D eigenvalue weighted by atomic mass is 32.2. The van der Waals surface area contributed by atoms with Crippen LogP contribution in [0.25, 0.3) is 0 Å². The first-order chi connectivity index (χ1) is 8.63. The van der Waals surface area contributed by atoms with Gasteiger partial charge in [-0.05, 0) is 6.26 Å². The van der Waals surface area contributed by atoms with Crippen molar-refractivity contribution in [1.82, 2.24) is 10.1 Å². The van der Waals surface area contributed by atoms with E-state index in [1.54, 1.807) is 0 Å². The quantitative estimate of drug-likeness (QED) is 0.642. The number of rotatable bonds is 5. The molecule has 0 atom stereocenters. The maximum atomic E-state index is 11.4. The van der Waals surface area contributed by atoms with Crippen LogP contribution < -0.4 is 11.1 Å². The summed E-state index contributed by atoms with van der Waals surface area (Å²) >= 11 is 2.85. The molecule has 0 radical (unpaired) electrons. The third kappa shape index (κ3) is 2.49. The van der Waals surface area contributed by atoms with Gasteiger partial charge in [-0.2, -0.15) is 4.98 Å². The largest absolute Gasteiger partial charge is 0.396 e. The maximum Gasteiger partial charge on any atom is 0.213 e. The van der Waals surface area contributed by atoms with Crippen molar-refractivity contribution in [3.05, 3.63) is 17.1 Å². The molecule has 0 bridgehead atoms. The van der Waals surface area contributed by atoms with Crippen molar-refractivity contribution in [2.75, 3.05) is 17.3 Å². The monoisotopic (exact) mass is 284 g/mol. The summed E-state index contributed by atoms with van der Waals surface area (Å²) in [6, 6.07) is 0. The molecule has 0 fully saturated rings. The summed E-state index contributed by atoms with van der Waals surface area (Å²) in [6.07, 6.45) is 3.19. The molecule has 0 aliphatic rings. The molecule has 3 N–H and O–H groups in total. The number of anilines is 2. The van der Waals surface area contributed by atoms with E-state index in [1.165, 1.54) is 36.4 Å². The molecule has 0 unspecified atom stereocenters. The summed E-state index contributed by atoms with van der Waals surface area (Å²) in [5, 5.41) is 7.72. The SMILES string of the molecule is CSc1c(NCc2ncon2)sc(C(C)=O)c1N. The van der Waals surface area contributed by atoms with E-state index in [-0.39, 0.29) is 5.78 Å². The van der Waals surface area contributed by atoms with Crippen molar-refractivity contribution in [3.63, 3.8) is 0 Å². The van der Waals surface area contributed by atoms with Crippen LogP contribution in [-0.2, 0) is 6.54 Å². The predicted molar refractivity (Wildman–Crippen MR) is 72.1 cm³/mol. The van der Waals surface area contributed by atoms with E-state index in [0.717, 1.165) is 9.90 Å². The van der Waals surface area contributed by atoms with Crippen LogP contribution >= 0.6 is 23.1 Å². The molecule has 0 aliphatic carbocycles. The Morgan fingerprint density at radius 2 is 2.44 bits per heavy atom. The van der Waals surface area contributed by atoms with Gasteiger partial charge >= 0.3 is 0 Å². The first kappa shape index (κ1) is 12.9. The molecule has 0 aliphatic heterocycles. The van der Waals surface area contributed by atoms with Gasteiger partial charge in [0, 0.05) is 6.92 Å². The number of nitrogen functional groups attached to an aromatic ring is 1. The minimum absolute atomic E-state index is 0.0274. The third-order valence-corrected chi connectivity index (χ3v) is 4.46. The van der Waals surface area contributed by atoms with E-state index in [2.05, 4.69) is 20.0 Å². The van der Waals surface area contributed by atoms with Gasteiger partial charge in [-0.25, -0.2) is 0 Å². The fraction of sp³-hybridized carbons (Fsp3) is 0.300. The van der Waals surface area contributed by atoms with Gasteiger partial charge in [0.05, 0.1) is 22.0 Å². The Hall–Kier alpha value is -1.54. The van der Waals surface area contributed by atoms with Crippen molar-refractivity contribution >= 4 is 39.6 Å². The lowest BCUT2D eigenvalue weighted by molar-refractivity contribution is 0.102. The van der Waals surface area contributed by atoms with Crippen LogP contribution in [0, 0.1) is 0 Å². The average Bonchev–Trinajstić information content (AvgIpc) is 2.93. The number of hydrogen-bond donors (Lipinski definition) is 2. The van der Waals surface area contributed by atoms with Crippen LogP contribution in [0.4, 0.5) is 10.7 Å². The van der Waals surface area contributed by atoms with Gasteiger partial charge in [-0.3, -0.25) is 4.79 Å². The van der Waals surface area contributed by atoms with Crippen LogP contribution in [0.1, 0.15) is 22.4 Å². The van der Waals surface area contributed by atoms with Gasteiger partial charge in [0.15, 0.2) is 11.6 Å². The Morgan fingerprint density at radius 1 is 1.67 bits per heavy atom. The van der Waals surface area contributed by atoms with Crippen LogP contribution in [0.5, 0.6) is 0 Å². The lowest BCUT2D eigenvalue weighted by Crippen LogP contribution is -2.00. The molecule has 2 rings (SSSR count). The smallest absolute Gasteiger partial charge is 0.213 e. The van der Waals surface area contributed by atoms with E-state index < -0.39 is 0 Å². The molecule has 2 aromatic rings. The van der Waals surface area contributed by atoms with E-state index in [0.29, 0.717) is 22.9 Å². The number of nitrogens with zero attached hydrogens (tertiary/aromatic N) is 2. The van der Waals surface area contributed by atoms with Gasteiger partial charge in [-0.1, -0.05) is 5.16 Å². The lowest BCUT2D eigenvalue weighted by atomic mass is 10.3. The normalized spacial score (nSPS) is 10.6. The van der Waals surface area contributed by atoms with Crippen molar-refractivity contribution in [2.24, 2.45) is 0 Å². The van der Waals surface area contributed by atoms with Gasteiger partial charge in [-0.15, -0.1) is 23.1 Å². The number of thiophene rings is 1. The average molecular weight is 284 g/mol. The second-order valence-corrected chi connectivity index (χ2v) is 5.30. The number of carbonyl (C=O) groups excluding carboxylic acids is 1. The molecule has 0 saturated heterocycles. The van der Waals surface area contributed by atoms with E-state index >= 15 is 0 Å². The number of nitrogens with one attached hydrogen (secondary N) is 1. The highest BCUT2D eigenvalue weighted by molar-refractivity contribution is 7.99. The molecular formula is C10H12N4O2S2. The summed E-state index contributed by atoms with van der Waals surface area (Å²) < 4.78 is 4.64. The Labute approximate surface area is 112 Å². The molecule has 0 aromatic carbocycles. The van der Waals surface area contributed by atoms with Crippen LogP contribution in [0.2, 0.25) is 0 Å². The minimum Gasteiger partial charge on any atom is -0.396 e. The molecule has 0 amide bonds. The Kier molecular flexibility index (Phi) is 3.87. The first-order valence-corrected chi connectivity index (χ1v) is 7.14. The second-order valence-electron chi connectivity index (χ2n) is 3.46. The van der Waals surface area contributed by atoms with Crippen molar-refractivity contribution in [1.29, 1.82) is 0 Å². The van der Waals surface area contributed by atoms with Gasteiger partial charge in [0.25, 0.3) is 0 Å². The summed E-state index contributed by atoms with van der Waals surface area (Å²) in [5.41, 5.74) is 6.48. The fourth-order valence-electron chi connectivity index (χ4n) is 1.44. The Bertz CT molecular complexity index is 550. The van der Waals surface area contributed by atoms with E-state index in [4.69, 9.17) is 5.73 Å². The highest BCUT2D eigenvalue weighted by Crippen LogP contribution is 2.41. The zero-order valence-corrected chi connectivity index (χ0v) is 11.5. The number of aromatic nitrogens is 2. The van der Waals surface area contributed by atoms with Crippen LogP contribution in [0.3, 0.4) is 0 Å². The molecule has 0 saturated carbocycles. The van der Waals surface area contributed by atoms with E-state index in [9.17, 15) is 4.79 Å². The van der Waals surface area contributed by atoms with Crippen molar-refractivity contribution in [3.8, 4) is 0 Å². The number of carbonyl (C=O) groups is 1. The number of hydrogen-bond acceptors (Lipinski definition) is 8. The zero-order chi connectivity index (χ0) is 13.1. The van der Waals surface area contributed by atoms with Crippen LogP contribution in [0.15, 0.2) is 15.8 Å². The zero-order valence-electron chi connectivity index (χ0n) is 9.89. The maximum absolute atomic E-state index is 11.4. The standard InChI is InChI=1S/C10H12N4O2S2/c1-5(15)8-7(11)9(17-2)10(18-8)12-3-6-13-4-16-14-6/h4,12H,3,11H2,1-2H3. The van der Waals surface area contributed by atoms with Gasteiger partial charge in [0.2, 0.25) is 6.39 Å². The van der Waals surface area contributed by atoms with Crippen molar-refractivity contribution < 1.29 is 9.32 Å². The number of Topliss-reactive ketones (excluding diaryl/α,β-unsaturated/α-hetero) is 1. The predicted octanol–water partition coefficient (Wildman–Crippen LogP) is 2.25. The third-order valence-electron chi connectivity index (χ3n) is 2.24. The molecular weight excluding hydrogens is 272 g/mol. The number of nitrogens with two attached hydrogens (primary N) is 1. The highest BCUT2D eigenvalue weighted by Gasteiger charge is 2.18.